The summed E-state index contributed by atoms with van der Waals surface area (Å²) in [5.41, 5.74) is -0.913. The summed E-state index contributed by atoms with van der Waals surface area (Å²) in [6.45, 7) is 0.121. The summed E-state index contributed by atoms with van der Waals surface area (Å²) in [5, 5.41) is 10.3. The Kier molecular flexibility index (Phi) is 5.62. The van der Waals surface area contributed by atoms with Crippen molar-refractivity contribution in [1.29, 1.82) is 0 Å². The van der Waals surface area contributed by atoms with E-state index in [-0.39, 0.29) is 19.4 Å². The first-order valence-electron chi connectivity index (χ1n) is 7.40. The van der Waals surface area contributed by atoms with E-state index < -0.39 is 29.4 Å². The molecule has 0 unspecified atom stereocenters. The highest BCUT2D eigenvalue weighted by Crippen LogP contribution is 2.31. The number of hydrogen-bond donors (Lipinski definition) is 1. The van der Waals surface area contributed by atoms with E-state index in [1.807, 2.05) is 18.2 Å². The molecule has 1 heterocycles. The van der Waals surface area contributed by atoms with Crippen LogP contribution in [0.2, 0.25) is 0 Å². The maximum atomic E-state index is 12.4. The van der Waals surface area contributed by atoms with Crippen molar-refractivity contribution < 1.29 is 23.9 Å². The van der Waals surface area contributed by atoms with E-state index in [0.717, 1.165) is 5.56 Å². The Bertz CT molecular complexity index is 646. The molecule has 1 aromatic carbocycles. The van der Waals surface area contributed by atoms with E-state index in [4.69, 9.17) is 4.74 Å². The molecule has 0 bridgehead atoms. The second kappa shape index (κ2) is 7.67. The van der Waals surface area contributed by atoms with Crippen LogP contribution in [-0.4, -0.2) is 44.3 Å². The van der Waals surface area contributed by atoms with Crippen LogP contribution in [0.25, 0.3) is 0 Å². The van der Waals surface area contributed by atoms with E-state index in [2.05, 4.69) is 20.3 Å². The normalized spacial score (nSPS) is 22.0. The number of methoxy groups -OCH3 is 2. The number of azo groups is 1. The summed E-state index contributed by atoms with van der Waals surface area (Å²) in [6, 6.07) is 9.07. The van der Waals surface area contributed by atoms with Gasteiger partial charge < -0.3 is 14.8 Å². The number of amides is 1. The Hall–Kier alpha value is -2.77. The largest absolute Gasteiger partial charge is 0.469 e. The van der Waals surface area contributed by atoms with Gasteiger partial charge in [-0.1, -0.05) is 30.3 Å². The van der Waals surface area contributed by atoms with Crippen molar-refractivity contribution in [2.45, 2.75) is 18.5 Å². The summed E-state index contributed by atoms with van der Waals surface area (Å²) >= 11 is 0. The van der Waals surface area contributed by atoms with Crippen LogP contribution in [0.1, 0.15) is 12.0 Å². The smallest absolute Gasteiger partial charge is 0.356 e. The standard InChI is InChI=1S/C16H19N3O5/c1-23-14(21)9-12-10-17-19-16(12,15(22)24-2)18-13(20)8-11-6-4-3-5-7-11/h3-7,12H,8-10H2,1-2H3,(H,18,20)/t12-,16-/m0/s1. The second-order valence-electron chi connectivity index (χ2n) is 5.37. The number of esters is 2. The van der Waals surface area contributed by atoms with Gasteiger partial charge in [-0.2, -0.15) is 10.2 Å². The molecule has 1 aromatic rings. The Balaban J connectivity index is 2.18. The molecule has 0 radical (unpaired) electrons. The van der Waals surface area contributed by atoms with Crippen molar-refractivity contribution in [3.8, 4) is 0 Å². The fraction of sp³-hybridized carbons (Fsp3) is 0.438. The molecule has 1 aliphatic heterocycles. The molecule has 0 aromatic heterocycles. The van der Waals surface area contributed by atoms with Gasteiger partial charge in [0.15, 0.2) is 0 Å². The lowest BCUT2D eigenvalue weighted by molar-refractivity contribution is -0.154. The summed E-state index contributed by atoms with van der Waals surface area (Å²) < 4.78 is 9.41. The van der Waals surface area contributed by atoms with E-state index in [1.54, 1.807) is 12.1 Å². The predicted octanol–water partition coefficient (Wildman–Crippen LogP) is 0.860. The zero-order valence-electron chi connectivity index (χ0n) is 13.5. The molecule has 24 heavy (non-hydrogen) atoms. The molecular formula is C16H19N3O5. The zero-order chi connectivity index (χ0) is 17.6. The SMILES string of the molecule is COC(=O)C[C@H]1CN=N[C@]1(NC(=O)Cc1ccccc1)C(=O)OC. The van der Waals surface area contributed by atoms with Crippen LogP contribution in [0.5, 0.6) is 0 Å². The Morgan fingerprint density at radius 1 is 1.21 bits per heavy atom. The summed E-state index contributed by atoms with van der Waals surface area (Å²) in [5.74, 6) is -2.35. The number of carbonyl (C=O) groups is 3. The molecular weight excluding hydrogens is 314 g/mol. The van der Waals surface area contributed by atoms with Crippen LogP contribution >= 0.6 is 0 Å². The van der Waals surface area contributed by atoms with Crippen LogP contribution < -0.4 is 5.32 Å². The van der Waals surface area contributed by atoms with E-state index >= 15 is 0 Å². The highest BCUT2D eigenvalue weighted by Gasteiger charge is 2.52. The summed E-state index contributed by atoms with van der Waals surface area (Å²) in [4.78, 5) is 36.2. The van der Waals surface area contributed by atoms with Gasteiger partial charge in [-0.15, -0.1) is 0 Å². The predicted molar refractivity (Wildman–Crippen MR) is 82.9 cm³/mol. The third-order valence-corrected chi connectivity index (χ3v) is 3.80. The topological polar surface area (TPSA) is 106 Å². The molecule has 1 amide bonds. The molecule has 0 fully saturated rings. The van der Waals surface area contributed by atoms with E-state index in [1.165, 1.54) is 14.2 Å². The van der Waals surface area contributed by atoms with Gasteiger partial charge in [0.2, 0.25) is 5.91 Å². The number of hydrogen-bond acceptors (Lipinski definition) is 7. The number of rotatable bonds is 6. The lowest BCUT2D eigenvalue weighted by atomic mass is 9.90. The maximum Gasteiger partial charge on any atom is 0.356 e. The molecule has 2 rings (SSSR count). The highest BCUT2D eigenvalue weighted by atomic mass is 16.5. The molecule has 0 saturated carbocycles. The molecule has 8 heteroatoms. The Morgan fingerprint density at radius 2 is 1.92 bits per heavy atom. The molecule has 0 aliphatic carbocycles. The first-order chi connectivity index (χ1) is 11.5. The lowest BCUT2D eigenvalue weighted by Crippen LogP contribution is -2.58. The molecule has 1 aliphatic rings. The van der Waals surface area contributed by atoms with Crippen molar-refractivity contribution in [2.75, 3.05) is 20.8 Å². The van der Waals surface area contributed by atoms with Crippen LogP contribution in [0.4, 0.5) is 0 Å². The first-order valence-corrected chi connectivity index (χ1v) is 7.40. The minimum atomic E-state index is -1.70. The molecule has 0 saturated heterocycles. The maximum absolute atomic E-state index is 12.4. The number of carbonyl (C=O) groups excluding carboxylic acids is 3. The minimum absolute atomic E-state index is 0.0695. The lowest BCUT2D eigenvalue weighted by Gasteiger charge is -2.29. The average Bonchev–Trinajstić information content (AvgIpc) is 2.98. The molecule has 8 nitrogen and oxygen atoms in total. The van der Waals surface area contributed by atoms with Crippen molar-refractivity contribution >= 4 is 17.8 Å². The molecule has 1 N–H and O–H groups in total. The first kappa shape index (κ1) is 17.6. The molecule has 2 atom stereocenters. The third-order valence-electron chi connectivity index (χ3n) is 3.80. The van der Waals surface area contributed by atoms with Gasteiger partial charge in [0.05, 0.1) is 33.6 Å². The van der Waals surface area contributed by atoms with Crippen LogP contribution in [0.15, 0.2) is 40.6 Å². The Labute approximate surface area is 139 Å². The van der Waals surface area contributed by atoms with Crippen molar-refractivity contribution in [1.82, 2.24) is 5.32 Å². The Morgan fingerprint density at radius 3 is 2.54 bits per heavy atom. The number of benzene rings is 1. The van der Waals surface area contributed by atoms with Gasteiger partial charge >= 0.3 is 11.9 Å². The summed E-state index contributed by atoms with van der Waals surface area (Å²) in [6.07, 6.45) is -0.0374. The molecule has 128 valence electrons. The van der Waals surface area contributed by atoms with Crippen molar-refractivity contribution in [3.05, 3.63) is 35.9 Å². The van der Waals surface area contributed by atoms with Crippen LogP contribution in [0, 0.1) is 5.92 Å². The number of ether oxygens (including phenoxy) is 2. The second-order valence-corrected chi connectivity index (χ2v) is 5.37. The fourth-order valence-electron chi connectivity index (χ4n) is 2.54. The van der Waals surface area contributed by atoms with Crippen LogP contribution in [-0.2, 0) is 30.3 Å². The molecule has 0 spiro atoms. The monoisotopic (exact) mass is 333 g/mol. The van der Waals surface area contributed by atoms with Crippen LogP contribution in [0.3, 0.4) is 0 Å². The summed E-state index contributed by atoms with van der Waals surface area (Å²) in [7, 11) is 2.44. The zero-order valence-corrected chi connectivity index (χ0v) is 13.5. The van der Waals surface area contributed by atoms with Crippen molar-refractivity contribution in [2.24, 2.45) is 16.1 Å². The fourth-order valence-corrected chi connectivity index (χ4v) is 2.54. The highest BCUT2D eigenvalue weighted by molar-refractivity contribution is 5.89. The van der Waals surface area contributed by atoms with Gasteiger partial charge in [0.25, 0.3) is 5.66 Å². The average molecular weight is 333 g/mol. The minimum Gasteiger partial charge on any atom is -0.469 e. The van der Waals surface area contributed by atoms with E-state index in [9.17, 15) is 14.4 Å². The number of nitrogens with zero attached hydrogens (tertiary/aromatic N) is 2. The third kappa shape index (κ3) is 3.76. The quantitative estimate of drug-likeness (QED) is 0.777. The van der Waals surface area contributed by atoms with Gasteiger partial charge in [0.1, 0.15) is 0 Å². The number of nitrogens with one attached hydrogen (secondary N) is 1. The van der Waals surface area contributed by atoms with Gasteiger partial charge in [-0.25, -0.2) is 4.79 Å². The van der Waals surface area contributed by atoms with Gasteiger partial charge in [0, 0.05) is 5.92 Å². The van der Waals surface area contributed by atoms with Crippen molar-refractivity contribution in [3.63, 3.8) is 0 Å². The van der Waals surface area contributed by atoms with E-state index in [0.29, 0.717) is 0 Å². The van der Waals surface area contributed by atoms with Gasteiger partial charge in [-0.3, -0.25) is 9.59 Å². The van der Waals surface area contributed by atoms with Gasteiger partial charge in [-0.05, 0) is 5.56 Å².